The zero-order valence-electron chi connectivity index (χ0n) is 12.6. The van der Waals surface area contributed by atoms with Gasteiger partial charge in [0.05, 0.1) is 13.1 Å². The maximum Gasteiger partial charge on any atom is 0.255 e. The van der Waals surface area contributed by atoms with Crippen LogP contribution in [0.25, 0.3) is 0 Å². The number of alkyl halides is 2. The molecule has 0 aliphatic carbocycles. The van der Waals surface area contributed by atoms with E-state index in [0.29, 0.717) is 13.0 Å². The summed E-state index contributed by atoms with van der Waals surface area (Å²) in [4.78, 5) is 38.2. The van der Waals surface area contributed by atoms with E-state index in [-0.39, 0.29) is 12.5 Å². The predicted molar refractivity (Wildman–Crippen MR) is 76.2 cm³/mol. The van der Waals surface area contributed by atoms with Crippen molar-refractivity contribution in [2.45, 2.75) is 31.7 Å². The molecule has 0 bridgehead atoms. The van der Waals surface area contributed by atoms with Gasteiger partial charge < -0.3 is 15.1 Å². The van der Waals surface area contributed by atoms with Gasteiger partial charge in [-0.3, -0.25) is 14.4 Å². The van der Waals surface area contributed by atoms with Crippen molar-refractivity contribution in [3.05, 3.63) is 12.7 Å². The molecule has 1 fully saturated rings. The number of likely N-dealkylation sites (tertiary alicyclic amines) is 1. The van der Waals surface area contributed by atoms with Crippen LogP contribution in [0, 0.1) is 0 Å². The molecule has 0 radical (unpaired) electrons. The van der Waals surface area contributed by atoms with Crippen LogP contribution in [-0.4, -0.2) is 66.7 Å². The number of nitrogens with zero attached hydrogens (tertiary/aromatic N) is 2. The summed E-state index contributed by atoms with van der Waals surface area (Å²) in [5.41, 5.74) is 0. The van der Waals surface area contributed by atoms with Crippen molar-refractivity contribution in [2.24, 2.45) is 0 Å². The van der Waals surface area contributed by atoms with Crippen LogP contribution in [0.3, 0.4) is 0 Å². The van der Waals surface area contributed by atoms with Gasteiger partial charge in [0.1, 0.15) is 6.04 Å². The normalized spacial score (nSPS) is 18.0. The molecule has 8 heteroatoms. The molecule has 1 N–H and O–H groups in total. The Hall–Kier alpha value is -1.99. The fourth-order valence-electron chi connectivity index (χ4n) is 2.33. The number of likely N-dealkylation sites (N-methyl/N-ethyl adjacent to an activating group) is 1. The molecule has 0 unspecified atom stereocenters. The lowest BCUT2D eigenvalue weighted by Gasteiger charge is -2.35. The van der Waals surface area contributed by atoms with E-state index in [9.17, 15) is 23.2 Å². The Bertz CT molecular complexity index is 443. The second-order valence-electron chi connectivity index (χ2n) is 5.13. The topological polar surface area (TPSA) is 69.7 Å². The second kappa shape index (κ2) is 8.45. The lowest BCUT2D eigenvalue weighted by molar-refractivity contribution is -0.145. The summed E-state index contributed by atoms with van der Waals surface area (Å²) in [5, 5.41) is 2.14. The monoisotopic (exact) mass is 317 g/mol. The fraction of sp³-hybridized carbons (Fsp3) is 0.643. The number of hydrogen-bond donors (Lipinski definition) is 1. The molecule has 1 aliphatic heterocycles. The number of hydrogen-bond acceptors (Lipinski definition) is 3. The van der Waals surface area contributed by atoms with E-state index in [1.807, 2.05) is 0 Å². The molecule has 1 aliphatic rings. The van der Waals surface area contributed by atoms with Crippen LogP contribution in [0.5, 0.6) is 0 Å². The molecule has 1 rings (SSSR count). The Morgan fingerprint density at radius 1 is 1.41 bits per heavy atom. The number of nitrogens with one attached hydrogen (secondary N) is 1. The van der Waals surface area contributed by atoms with Gasteiger partial charge in [0.2, 0.25) is 17.7 Å². The maximum absolute atomic E-state index is 12.3. The molecule has 1 saturated heterocycles. The van der Waals surface area contributed by atoms with Crippen LogP contribution < -0.4 is 5.32 Å². The number of carbonyl (C=O) groups is 3. The van der Waals surface area contributed by atoms with E-state index >= 15 is 0 Å². The van der Waals surface area contributed by atoms with Crippen molar-refractivity contribution in [2.75, 3.05) is 26.7 Å². The van der Waals surface area contributed by atoms with Gasteiger partial charge in [-0.05, 0) is 25.3 Å². The lowest BCUT2D eigenvalue weighted by Crippen LogP contribution is -2.54. The molecule has 1 atom stereocenters. The van der Waals surface area contributed by atoms with Crippen LogP contribution in [0.4, 0.5) is 8.78 Å². The Morgan fingerprint density at radius 2 is 2.09 bits per heavy atom. The average Bonchev–Trinajstić information content (AvgIpc) is 2.51. The van der Waals surface area contributed by atoms with Gasteiger partial charge in [0.25, 0.3) is 6.43 Å². The van der Waals surface area contributed by atoms with Crippen molar-refractivity contribution in [3.63, 3.8) is 0 Å². The molecule has 0 aromatic carbocycles. The Morgan fingerprint density at radius 3 is 2.68 bits per heavy atom. The van der Waals surface area contributed by atoms with Gasteiger partial charge in [0.15, 0.2) is 0 Å². The van der Waals surface area contributed by atoms with Gasteiger partial charge >= 0.3 is 0 Å². The molecular weight excluding hydrogens is 296 g/mol. The second-order valence-corrected chi connectivity index (χ2v) is 5.13. The molecule has 22 heavy (non-hydrogen) atoms. The molecule has 6 nitrogen and oxygen atoms in total. The molecule has 124 valence electrons. The van der Waals surface area contributed by atoms with Crippen molar-refractivity contribution in [1.82, 2.24) is 15.1 Å². The highest BCUT2D eigenvalue weighted by Crippen LogP contribution is 2.17. The van der Waals surface area contributed by atoms with Crippen molar-refractivity contribution in [3.8, 4) is 0 Å². The zero-order chi connectivity index (χ0) is 16.7. The molecule has 0 aromatic heterocycles. The van der Waals surface area contributed by atoms with Crippen LogP contribution in [0.1, 0.15) is 19.3 Å². The first kappa shape index (κ1) is 18.1. The quantitative estimate of drug-likeness (QED) is 0.721. The molecule has 3 amide bonds. The minimum absolute atomic E-state index is 0.177. The third-order valence-corrected chi connectivity index (χ3v) is 3.48. The largest absolute Gasteiger partial charge is 0.349 e. The fourth-order valence-corrected chi connectivity index (χ4v) is 2.33. The van der Waals surface area contributed by atoms with Crippen LogP contribution in [0.2, 0.25) is 0 Å². The summed E-state index contributed by atoms with van der Waals surface area (Å²) in [5.74, 6) is -1.36. The summed E-state index contributed by atoms with van der Waals surface area (Å²) in [6.45, 7) is 2.80. The van der Waals surface area contributed by atoms with E-state index in [2.05, 4.69) is 11.9 Å². The summed E-state index contributed by atoms with van der Waals surface area (Å²) < 4.78 is 24.3. The van der Waals surface area contributed by atoms with Gasteiger partial charge in [-0.2, -0.15) is 0 Å². The van der Waals surface area contributed by atoms with E-state index < -0.39 is 30.8 Å². The van der Waals surface area contributed by atoms with E-state index in [1.54, 1.807) is 0 Å². The van der Waals surface area contributed by atoms with E-state index in [4.69, 9.17) is 0 Å². The van der Waals surface area contributed by atoms with Crippen molar-refractivity contribution in [1.29, 1.82) is 0 Å². The highest BCUT2D eigenvalue weighted by Gasteiger charge is 2.32. The molecule has 1 heterocycles. The third-order valence-electron chi connectivity index (χ3n) is 3.48. The minimum atomic E-state index is -2.63. The first-order valence-electron chi connectivity index (χ1n) is 7.09. The number of rotatable bonds is 6. The summed E-state index contributed by atoms with van der Waals surface area (Å²) in [6.07, 6.45) is 0.380. The summed E-state index contributed by atoms with van der Waals surface area (Å²) >= 11 is 0. The standard InChI is InChI=1S/C14H21F2N3O3/c1-3-12(20)18(2)9-13(21)19-7-5-4-6-10(19)14(22)17-8-11(15)16/h3,10-11H,1,4-9H2,2H3,(H,17,22)/t10-/m0/s1. The van der Waals surface area contributed by atoms with Gasteiger partial charge in [-0.15, -0.1) is 0 Å². The molecule has 0 spiro atoms. The first-order valence-corrected chi connectivity index (χ1v) is 7.09. The summed E-state index contributed by atoms with van der Waals surface area (Å²) in [7, 11) is 1.46. The first-order chi connectivity index (χ1) is 10.4. The van der Waals surface area contributed by atoms with Gasteiger partial charge in [0, 0.05) is 13.6 Å². The van der Waals surface area contributed by atoms with Crippen LogP contribution in [0.15, 0.2) is 12.7 Å². The smallest absolute Gasteiger partial charge is 0.255 e. The van der Waals surface area contributed by atoms with Gasteiger partial charge in [-0.1, -0.05) is 6.58 Å². The number of halogens is 2. The Labute approximate surface area is 128 Å². The van der Waals surface area contributed by atoms with E-state index in [1.165, 1.54) is 16.8 Å². The highest BCUT2D eigenvalue weighted by molar-refractivity contribution is 5.92. The SMILES string of the molecule is C=CC(=O)N(C)CC(=O)N1CCCC[C@H]1C(=O)NCC(F)F. The predicted octanol–water partition coefficient (Wildman–Crippen LogP) is 0.393. The number of carbonyl (C=O) groups excluding carboxylic acids is 3. The van der Waals surface area contributed by atoms with Gasteiger partial charge in [-0.25, -0.2) is 8.78 Å². The Balaban J connectivity index is 2.67. The summed E-state index contributed by atoms with van der Waals surface area (Å²) in [6, 6.07) is -0.757. The Kier molecular flexibility index (Phi) is 6.94. The average molecular weight is 317 g/mol. The maximum atomic E-state index is 12.3. The highest BCUT2D eigenvalue weighted by atomic mass is 19.3. The van der Waals surface area contributed by atoms with E-state index in [0.717, 1.165) is 18.9 Å². The van der Waals surface area contributed by atoms with Crippen molar-refractivity contribution >= 4 is 17.7 Å². The molecule has 0 aromatic rings. The number of amides is 3. The van der Waals surface area contributed by atoms with Crippen LogP contribution in [-0.2, 0) is 14.4 Å². The zero-order valence-corrected chi connectivity index (χ0v) is 12.6. The molecular formula is C14H21F2N3O3. The van der Waals surface area contributed by atoms with Crippen LogP contribution >= 0.6 is 0 Å². The lowest BCUT2D eigenvalue weighted by atomic mass is 10.0. The number of piperidine rings is 1. The minimum Gasteiger partial charge on any atom is -0.349 e. The van der Waals surface area contributed by atoms with Crippen molar-refractivity contribution < 1.29 is 23.2 Å². The molecule has 0 saturated carbocycles. The third kappa shape index (κ3) is 5.09.